The molecule has 9 heteroatoms. The summed E-state index contributed by atoms with van der Waals surface area (Å²) in [7, 11) is -4.02. The molecule has 0 saturated heterocycles. The van der Waals surface area contributed by atoms with E-state index in [0.717, 1.165) is 6.07 Å². The number of hydrogen-bond acceptors (Lipinski definition) is 3. The lowest BCUT2D eigenvalue weighted by molar-refractivity contribution is -0.137. The molecule has 0 spiro atoms. The van der Waals surface area contributed by atoms with Gasteiger partial charge in [-0.3, -0.25) is 0 Å². The normalized spacial score (nSPS) is 12.7. The van der Waals surface area contributed by atoms with Crippen molar-refractivity contribution in [2.45, 2.75) is 23.9 Å². The lowest BCUT2D eigenvalue weighted by Crippen LogP contribution is -2.25. The number of benzene rings is 1. The molecule has 0 fully saturated rings. The maximum atomic E-state index is 12.6. The van der Waals surface area contributed by atoms with Gasteiger partial charge in [0.2, 0.25) is 10.0 Å². The van der Waals surface area contributed by atoms with Crippen molar-refractivity contribution < 1.29 is 21.6 Å². The van der Waals surface area contributed by atoms with Crippen molar-refractivity contribution in [2.75, 3.05) is 13.1 Å². The number of nitrogens with one attached hydrogen (secondary N) is 1. The van der Waals surface area contributed by atoms with Crippen LogP contribution in [0.25, 0.3) is 0 Å². The van der Waals surface area contributed by atoms with Gasteiger partial charge in [0.25, 0.3) is 0 Å². The smallest absolute Gasteiger partial charge is 0.330 e. The van der Waals surface area contributed by atoms with Gasteiger partial charge in [0.15, 0.2) is 0 Å². The average molecular weight is 331 g/mol. The van der Waals surface area contributed by atoms with Crippen molar-refractivity contribution in [3.05, 3.63) is 28.8 Å². The summed E-state index contributed by atoms with van der Waals surface area (Å²) in [6.45, 7) is 0.518. The first-order valence-electron chi connectivity index (χ1n) is 5.74. The van der Waals surface area contributed by atoms with Crippen LogP contribution < -0.4 is 10.5 Å². The molecule has 0 unspecified atom stereocenters. The molecule has 0 radical (unpaired) electrons. The van der Waals surface area contributed by atoms with Crippen molar-refractivity contribution >= 4 is 21.6 Å². The Bertz CT molecular complexity index is 561. The van der Waals surface area contributed by atoms with E-state index in [2.05, 4.69) is 4.72 Å². The van der Waals surface area contributed by atoms with Gasteiger partial charge in [0.05, 0.1) is 10.5 Å². The van der Waals surface area contributed by atoms with E-state index in [1.807, 2.05) is 0 Å². The third-order valence-corrected chi connectivity index (χ3v) is 4.09. The van der Waals surface area contributed by atoms with Crippen molar-refractivity contribution in [2.24, 2.45) is 5.73 Å². The summed E-state index contributed by atoms with van der Waals surface area (Å²) in [6, 6.07) is 2.20. The average Bonchev–Trinajstić information content (AvgIpc) is 2.33. The molecule has 0 heterocycles. The van der Waals surface area contributed by atoms with Gasteiger partial charge in [0, 0.05) is 11.6 Å². The quantitative estimate of drug-likeness (QED) is 0.787. The lowest BCUT2D eigenvalue weighted by Gasteiger charge is -2.11. The third-order valence-electron chi connectivity index (χ3n) is 2.43. The fourth-order valence-corrected chi connectivity index (χ4v) is 2.88. The first kappa shape index (κ1) is 17.2. The van der Waals surface area contributed by atoms with E-state index in [4.69, 9.17) is 17.3 Å². The summed E-state index contributed by atoms with van der Waals surface area (Å²) in [5, 5.41) is -0.290. The molecular weight excluding hydrogens is 317 g/mol. The zero-order valence-electron chi connectivity index (χ0n) is 10.4. The first-order chi connectivity index (χ1) is 9.16. The second-order valence-corrected chi connectivity index (χ2v) is 6.27. The Morgan fingerprint density at radius 3 is 2.40 bits per heavy atom. The monoisotopic (exact) mass is 330 g/mol. The molecule has 0 aliphatic carbocycles. The van der Waals surface area contributed by atoms with Crippen LogP contribution in [0.15, 0.2) is 23.1 Å². The Kier molecular flexibility index (Phi) is 5.81. The van der Waals surface area contributed by atoms with E-state index < -0.39 is 26.7 Å². The van der Waals surface area contributed by atoms with E-state index in [0.29, 0.717) is 31.5 Å². The number of rotatable bonds is 6. The Labute approximate surface area is 120 Å². The Morgan fingerprint density at radius 2 is 1.85 bits per heavy atom. The summed E-state index contributed by atoms with van der Waals surface area (Å²) >= 11 is 5.54. The maximum absolute atomic E-state index is 12.6. The Morgan fingerprint density at radius 1 is 1.20 bits per heavy atom. The van der Waals surface area contributed by atoms with E-state index in [-0.39, 0.29) is 11.6 Å². The fraction of sp³-hybridized carbons (Fsp3) is 0.455. The van der Waals surface area contributed by atoms with Crippen molar-refractivity contribution in [3.8, 4) is 0 Å². The van der Waals surface area contributed by atoms with Crippen LogP contribution in [0.3, 0.4) is 0 Å². The van der Waals surface area contributed by atoms with Crippen LogP contribution in [0.5, 0.6) is 0 Å². The molecule has 0 bridgehead atoms. The summed E-state index contributed by atoms with van der Waals surface area (Å²) in [5.41, 5.74) is 4.15. The minimum absolute atomic E-state index is 0.105. The lowest BCUT2D eigenvalue weighted by atomic mass is 10.2. The number of nitrogens with two attached hydrogens (primary N) is 1. The largest absolute Gasteiger partial charge is 0.416 e. The van der Waals surface area contributed by atoms with Crippen LogP contribution in [-0.2, 0) is 16.2 Å². The summed E-state index contributed by atoms with van der Waals surface area (Å²) in [5.74, 6) is 0. The second kappa shape index (κ2) is 6.75. The standard InChI is InChI=1S/C11H14ClF3N2O2S/c12-9-5-8(11(13,14)15)6-10(7-9)20(18,19)17-4-2-1-3-16/h5-7,17H,1-4,16H2. The van der Waals surface area contributed by atoms with Crippen molar-refractivity contribution in [1.82, 2.24) is 4.72 Å². The summed E-state index contributed by atoms with van der Waals surface area (Å²) < 4.78 is 63.7. The van der Waals surface area contributed by atoms with E-state index >= 15 is 0 Å². The molecule has 3 N–H and O–H groups in total. The number of unbranched alkanes of at least 4 members (excludes halogenated alkanes) is 1. The highest BCUT2D eigenvalue weighted by Gasteiger charge is 2.32. The fourth-order valence-electron chi connectivity index (χ4n) is 1.44. The van der Waals surface area contributed by atoms with Gasteiger partial charge >= 0.3 is 6.18 Å². The molecule has 20 heavy (non-hydrogen) atoms. The number of hydrogen-bond donors (Lipinski definition) is 2. The third kappa shape index (κ3) is 4.93. The van der Waals surface area contributed by atoms with Gasteiger partial charge in [-0.2, -0.15) is 13.2 Å². The maximum Gasteiger partial charge on any atom is 0.416 e. The topological polar surface area (TPSA) is 72.2 Å². The molecule has 0 aliphatic heterocycles. The number of alkyl halides is 3. The molecule has 1 rings (SSSR count). The predicted octanol–water partition coefficient (Wildman–Crippen LogP) is 2.38. The predicted molar refractivity (Wildman–Crippen MR) is 69.9 cm³/mol. The van der Waals surface area contributed by atoms with Crippen LogP contribution in [0.1, 0.15) is 18.4 Å². The SMILES string of the molecule is NCCCCNS(=O)(=O)c1cc(Cl)cc(C(F)(F)F)c1. The molecule has 0 aromatic heterocycles. The second-order valence-electron chi connectivity index (χ2n) is 4.07. The highest BCUT2D eigenvalue weighted by atomic mass is 35.5. The molecule has 0 saturated carbocycles. The zero-order chi connectivity index (χ0) is 15.4. The zero-order valence-corrected chi connectivity index (χ0v) is 11.9. The first-order valence-corrected chi connectivity index (χ1v) is 7.60. The molecule has 4 nitrogen and oxygen atoms in total. The van der Waals surface area contributed by atoms with Gasteiger partial charge in [-0.05, 0) is 37.6 Å². The molecule has 114 valence electrons. The van der Waals surface area contributed by atoms with Gasteiger partial charge in [0.1, 0.15) is 0 Å². The van der Waals surface area contributed by atoms with Crippen molar-refractivity contribution in [1.29, 1.82) is 0 Å². The van der Waals surface area contributed by atoms with Crippen LogP contribution in [-0.4, -0.2) is 21.5 Å². The van der Waals surface area contributed by atoms with E-state index in [1.54, 1.807) is 0 Å². The number of halogens is 4. The van der Waals surface area contributed by atoms with E-state index in [1.165, 1.54) is 0 Å². The number of sulfonamides is 1. The molecule has 0 amide bonds. The van der Waals surface area contributed by atoms with Gasteiger partial charge in [-0.15, -0.1) is 0 Å². The summed E-state index contributed by atoms with van der Waals surface area (Å²) in [6.07, 6.45) is -3.54. The van der Waals surface area contributed by atoms with Crippen molar-refractivity contribution in [3.63, 3.8) is 0 Å². The molecular formula is C11H14ClF3N2O2S. The van der Waals surface area contributed by atoms with E-state index in [9.17, 15) is 21.6 Å². The van der Waals surface area contributed by atoms with Gasteiger partial charge < -0.3 is 5.73 Å². The molecule has 0 aliphatic rings. The van der Waals surface area contributed by atoms with Crippen LogP contribution in [0.4, 0.5) is 13.2 Å². The van der Waals surface area contributed by atoms with Crippen LogP contribution in [0, 0.1) is 0 Å². The molecule has 0 atom stereocenters. The minimum Gasteiger partial charge on any atom is -0.330 e. The van der Waals surface area contributed by atoms with Crippen LogP contribution >= 0.6 is 11.6 Å². The van der Waals surface area contributed by atoms with Gasteiger partial charge in [-0.25, -0.2) is 13.1 Å². The highest BCUT2D eigenvalue weighted by Crippen LogP contribution is 2.32. The van der Waals surface area contributed by atoms with Gasteiger partial charge in [-0.1, -0.05) is 11.6 Å². The molecule has 1 aromatic rings. The minimum atomic E-state index is -4.66. The molecule has 1 aromatic carbocycles. The Balaban J connectivity index is 2.98. The Hall–Kier alpha value is -0.830. The summed E-state index contributed by atoms with van der Waals surface area (Å²) in [4.78, 5) is -0.509. The highest BCUT2D eigenvalue weighted by molar-refractivity contribution is 7.89. The van der Waals surface area contributed by atoms with Crippen LogP contribution in [0.2, 0.25) is 5.02 Å².